The van der Waals surface area contributed by atoms with Gasteiger partial charge in [0.15, 0.2) is 0 Å². The van der Waals surface area contributed by atoms with Crippen LogP contribution < -0.4 is 10.2 Å². The number of benzene rings is 1. The molecule has 28 heavy (non-hydrogen) atoms. The molecular weight excluding hydrogens is 374 g/mol. The van der Waals surface area contributed by atoms with E-state index in [2.05, 4.69) is 21.3 Å². The maximum atomic E-state index is 9.70. The fourth-order valence-electron chi connectivity index (χ4n) is 4.15. The Morgan fingerprint density at radius 3 is 2.79 bits per heavy atom. The molecule has 6 nitrogen and oxygen atoms in total. The predicted octanol–water partition coefficient (Wildman–Crippen LogP) is 3.62. The zero-order valence-electron chi connectivity index (χ0n) is 15.5. The fraction of sp³-hybridized carbons (Fsp3) is 0.381. The van der Waals surface area contributed by atoms with Crippen molar-refractivity contribution in [1.29, 1.82) is 0 Å². The molecule has 0 unspecified atom stereocenters. The van der Waals surface area contributed by atoms with Gasteiger partial charge >= 0.3 is 0 Å². The summed E-state index contributed by atoms with van der Waals surface area (Å²) in [5.41, 5.74) is 2.96. The quantitative estimate of drug-likeness (QED) is 0.830. The Bertz CT molecular complexity index is 965. The smallest absolute Gasteiger partial charge is 0.224 e. The summed E-state index contributed by atoms with van der Waals surface area (Å²) in [5, 5.41) is 13.9. The first-order chi connectivity index (χ1) is 13.7. The van der Waals surface area contributed by atoms with E-state index in [1.807, 2.05) is 30.5 Å². The van der Waals surface area contributed by atoms with Crippen molar-refractivity contribution in [3.05, 3.63) is 46.6 Å². The summed E-state index contributed by atoms with van der Waals surface area (Å²) in [7, 11) is 0. The molecule has 0 amide bonds. The number of hydrogen-bond acceptors (Lipinski definition) is 6. The van der Waals surface area contributed by atoms with Crippen LogP contribution in [0.2, 0.25) is 5.02 Å². The molecule has 1 aliphatic carbocycles. The molecule has 1 aromatic carbocycles. The molecule has 2 aromatic rings. The molecule has 5 rings (SSSR count). The van der Waals surface area contributed by atoms with Crippen molar-refractivity contribution < 1.29 is 5.11 Å². The number of aliphatic imine (C=N–C) groups is 1. The van der Waals surface area contributed by atoms with Gasteiger partial charge in [-0.1, -0.05) is 29.8 Å². The zero-order chi connectivity index (χ0) is 19.1. The number of nitrogens with one attached hydrogen (secondary N) is 1. The average Bonchev–Trinajstić information content (AvgIpc) is 3.20. The van der Waals surface area contributed by atoms with Gasteiger partial charge in [-0.2, -0.15) is 4.98 Å². The van der Waals surface area contributed by atoms with Gasteiger partial charge < -0.3 is 15.3 Å². The fourth-order valence-corrected chi connectivity index (χ4v) is 4.39. The minimum absolute atomic E-state index is 0.167. The second-order valence-electron chi connectivity index (χ2n) is 7.52. The van der Waals surface area contributed by atoms with E-state index in [0.29, 0.717) is 17.0 Å². The number of fused-ring (bicyclic) bond motifs is 3. The number of amidine groups is 1. The van der Waals surface area contributed by atoms with Crippen LogP contribution in [-0.4, -0.2) is 46.1 Å². The summed E-state index contributed by atoms with van der Waals surface area (Å²) in [6.07, 6.45) is 7.32. The highest BCUT2D eigenvalue weighted by molar-refractivity contribution is 6.40. The number of hydrogen-bond donors (Lipinski definition) is 2. The minimum atomic E-state index is -0.167. The molecule has 1 aromatic heterocycles. The van der Waals surface area contributed by atoms with Crippen molar-refractivity contribution >= 4 is 40.9 Å². The van der Waals surface area contributed by atoms with Gasteiger partial charge in [0.25, 0.3) is 0 Å². The average molecular weight is 396 g/mol. The number of rotatable bonds is 3. The van der Waals surface area contributed by atoms with Gasteiger partial charge in [-0.05, 0) is 37.8 Å². The molecule has 0 atom stereocenters. The van der Waals surface area contributed by atoms with Crippen LogP contribution >= 0.6 is 11.6 Å². The highest BCUT2D eigenvalue weighted by atomic mass is 35.5. The summed E-state index contributed by atoms with van der Waals surface area (Å²) in [5.74, 6) is 2.45. The van der Waals surface area contributed by atoms with Crippen LogP contribution in [0.15, 0.2) is 35.5 Å². The number of nitrogens with zero attached hydrogens (tertiary/aromatic N) is 4. The Hall–Kier alpha value is -2.44. The zero-order valence-corrected chi connectivity index (χ0v) is 16.2. The first-order valence-electron chi connectivity index (χ1n) is 9.79. The normalized spacial score (nSPS) is 23.6. The van der Waals surface area contributed by atoms with Crippen LogP contribution in [0.3, 0.4) is 0 Å². The largest absolute Gasteiger partial charge is 0.393 e. The lowest BCUT2D eigenvalue weighted by molar-refractivity contribution is 0.126. The number of anilines is 2. The van der Waals surface area contributed by atoms with Crippen LogP contribution in [0, 0.1) is 0 Å². The Morgan fingerprint density at radius 1 is 1.14 bits per heavy atom. The van der Waals surface area contributed by atoms with E-state index in [0.717, 1.165) is 67.1 Å². The molecule has 2 aliphatic heterocycles. The van der Waals surface area contributed by atoms with Gasteiger partial charge in [0, 0.05) is 40.5 Å². The van der Waals surface area contributed by atoms with Crippen LogP contribution in [-0.2, 0) is 0 Å². The molecule has 1 fully saturated rings. The lowest BCUT2D eigenvalue weighted by atomic mass is 9.93. The minimum Gasteiger partial charge on any atom is -0.393 e. The lowest BCUT2D eigenvalue weighted by Crippen LogP contribution is -2.33. The summed E-state index contributed by atoms with van der Waals surface area (Å²) in [6.45, 7) is 1.54. The van der Waals surface area contributed by atoms with Crippen LogP contribution in [0.1, 0.15) is 36.8 Å². The van der Waals surface area contributed by atoms with E-state index >= 15 is 0 Å². The first-order valence-corrected chi connectivity index (χ1v) is 10.2. The van der Waals surface area contributed by atoms with E-state index in [-0.39, 0.29) is 6.10 Å². The third-order valence-electron chi connectivity index (χ3n) is 5.63. The molecule has 144 valence electrons. The van der Waals surface area contributed by atoms with Crippen molar-refractivity contribution in [2.75, 3.05) is 23.3 Å². The van der Waals surface area contributed by atoms with E-state index in [1.165, 1.54) is 0 Å². The number of aliphatic hydroxyl groups excluding tert-OH is 1. The topological polar surface area (TPSA) is 73.6 Å². The Morgan fingerprint density at radius 2 is 1.96 bits per heavy atom. The molecule has 0 spiro atoms. The van der Waals surface area contributed by atoms with Crippen molar-refractivity contribution in [1.82, 2.24) is 9.97 Å². The first kappa shape index (κ1) is 17.6. The summed E-state index contributed by atoms with van der Waals surface area (Å²) < 4.78 is 0. The molecule has 0 radical (unpaired) electrons. The Labute approximate surface area is 169 Å². The van der Waals surface area contributed by atoms with Gasteiger partial charge in [-0.3, -0.25) is 4.99 Å². The molecule has 2 N–H and O–H groups in total. The molecule has 7 heteroatoms. The predicted molar refractivity (Wildman–Crippen MR) is 113 cm³/mol. The molecule has 1 saturated carbocycles. The van der Waals surface area contributed by atoms with E-state index in [1.54, 1.807) is 0 Å². The molecule has 0 saturated heterocycles. The van der Waals surface area contributed by atoms with Gasteiger partial charge in [0.2, 0.25) is 5.95 Å². The highest BCUT2D eigenvalue weighted by Gasteiger charge is 2.31. The summed E-state index contributed by atoms with van der Waals surface area (Å²) in [6, 6.07) is 8.15. The summed E-state index contributed by atoms with van der Waals surface area (Å²) >= 11 is 6.45. The third kappa shape index (κ3) is 3.16. The third-order valence-corrected chi connectivity index (χ3v) is 5.96. The SMILES string of the molecule is OC1CCC(Nc2ncc3c(n2)N2CCN=C2C(c2ccccc2Cl)=C3)CC1. The van der Waals surface area contributed by atoms with Crippen molar-refractivity contribution in [2.24, 2.45) is 4.99 Å². The second kappa shape index (κ2) is 7.18. The maximum Gasteiger partial charge on any atom is 0.224 e. The van der Waals surface area contributed by atoms with Crippen molar-refractivity contribution in [2.45, 2.75) is 37.8 Å². The van der Waals surface area contributed by atoms with Gasteiger partial charge in [0.1, 0.15) is 11.7 Å². The molecule has 0 bridgehead atoms. The standard InChI is InChI=1S/C21H22ClN5O/c22-18-4-2-1-3-16(18)17-11-13-12-24-21(25-14-5-7-15(28)8-6-14)26-19(13)27-10-9-23-20(17)27/h1-4,11-12,14-15,28H,5-10H2,(H,24,25,26). The van der Waals surface area contributed by atoms with Gasteiger partial charge in [-0.25, -0.2) is 4.98 Å². The lowest BCUT2D eigenvalue weighted by Gasteiger charge is -2.29. The Kier molecular flexibility index (Phi) is 4.53. The highest BCUT2D eigenvalue weighted by Crippen LogP contribution is 2.37. The monoisotopic (exact) mass is 395 g/mol. The van der Waals surface area contributed by atoms with Gasteiger partial charge in [0.05, 0.1) is 12.6 Å². The maximum absolute atomic E-state index is 9.70. The van der Waals surface area contributed by atoms with Crippen LogP contribution in [0.5, 0.6) is 0 Å². The Balaban J connectivity index is 1.48. The number of halogens is 1. The van der Waals surface area contributed by atoms with Crippen molar-refractivity contribution in [3.8, 4) is 0 Å². The number of aromatic nitrogens is 2. The number of aliphatic hydroxyl groups is 1. The van der Waals surface area contributed by atoms with E-state index in [4.69, 9.17) is 21.6 Å². The molecule has 3 aliphatic rings. The van der Waals surface area contributed by atoms with Crippen LogP contribution in [0.4, 0.5) is 11.8 Å². The molecule has 3 heterocycles. The summed E-state index contributed by atoms with van der Waals surface area (Å²) in [4.78, 5) is 16.2. The van der Waals surface area contributed by atoms with Crippen LogP contribution in [0.25, 0.3) is 11.6 Å². The van der Waals surface area contributed by atoms with E-state index < -0.39 is 0 Å². The van der Waals surface area contributed by atoms with E-state index in [9.17, 15) is 5.11 Å². The van der Waals surface area contributed by atoms with Crippen molar-refractivity contribution in [3.63, 3.8) is 0 Å². The van der Waals surface area contributed by atoms with Gasteiger partial charge in [-0.15, -0.1) is 0 Å². The second-order valence-corrected chi connectivity index (χ2v) is 7.92. The molecular formula is C21H22ClN5O.